The van der Waals surface area contributed by atoms with Crippen molar-refractivity contribution >= 4 is 40.4 Å². The fraction of sp³-hybridized carbons (Fsp3) is 0.222. The summed E-state index contributed by atoms with van der Waals surface area (Å²) in [7, 11) is 3.09. The van der Waals surface area contributed by atoms with Crippen LogP contribution in [-0.4, -0.2) is 37.6 Å². The van der Waals surface area contributed by atoms with Crippen LogP contribution in [-0.2, 0) is 20.7 Å². The Morgan fingerprint density at radius 3 is 2.66 bits per heavy atom. The Morgan fingerprint density at radius 2 is 1.86 bits per heavy atom. The molecule has 0 aliphatic carbocycles. The summed E-state index contributed by atoms with van der Waals surface area (Å²) in [4.78, 5) is 30.2. The fourth-order valence-corrected chi connectivity index (χ4v) is 3.51. The molecular weight excluding hydrogens is 446 g/mol. The van der Waals surface area contributed by atoms with Crippen molar-refractivity contribution in [2.75, 3.05) is 31.0 Å². The van der Waals surface area contributed by atoms with Gasteiger partial charge in [0.05, 0.1) is 20.1 Å². The van der Waals surface area contributed by atoms with Crippen LogP contribution in [0.3, 0.4) is 0 Å². The van der Waals surface area contributed by atoms with Gasteiger partial charge in [0.2, 0.25) is 5.91 Å². The average Bonchev–Trinajstić information content (AvgIpc) is 3.28. The molecule has 8 nitrogen and oxygen atoms in total. The second-order valence-electron chi connectivity index (χ2n) is 7.97. The van der Waals surface area contributed by atoms with Crippen LogP contribution < -0.4 is 15.0 Å². The molecule has 0 spiro atoms. The lowest BCUT2D eigenvalue weighted by molar-refractivity contribution is -0.140. The quantitative estimate of drug-likeness (QED) is 0.253. The van der Waals surface area contributed by atoms with Gasteiger partial charge in [0.1, 0.15) is 11.3 Å². The second kappa shape index (κ2) is 11.2. The minimum absolute atomic E-state index is 0.0747. The van der Waals surface area contributed by atoms with E-state index in [1.54, 1.807) is 18.0 Å². The number of fused-ring (bicyclic) bond motifs is 1. The van der Waals surface area contributed by atoms with E-state index in [-0.39, 0.29) is 18.3 Å². The van der Waals surface area contributed by atoms with Crippen molar-refractivity contribution in [1.29, 1.82) is 0 Å². The van der Waals surface area contributed by atoms with Crippen LogP contribution in [0.15, 0.2) is 77.2 Å². The van der Waals surface area contributed by atoms with Crippen molar-refractivity contribution < 1.29 is 23.5 Å². The lowest BCUT2D eigenvalue weighted by Crippen LogP contribution is -2.27. The van der Waals surface area contributed by atoms with Gasteiger partial charge in [-0.15, -0.1) is 0 Å². The first-order chi connectivity index (χ1) is 17.0. The van der Waals surface area contributed by atoms with Gasteiger partial charge in [-0.05, 0) is 48.4 Å². The van der Waals surface area contributed by atoms with E-state index < -0.39 is 0 Å². The first-order valence-corrected chi connectivity index (χ1v) is 11.3. The van der Waals surface area contributed by atoms with Gasteiger partial charge in [-0.25, -0.2) is 0 Å². The molecule has 0 aliphatic rings. The Bertz CT molecular complexity index is 1300. The minimum atomic E-state index is -0.264. The largest absolute Gasteiger partial charge is 0.494 e. The Hall–Kier alpha value is -4.33. The lowest BCUT2D eigenvalue weighted by Gasteiger charge is -2.18. The molecule has 35 heavy (non-hydrogen) atoms. The molecule has 0 fully saturated rings. The number of ether oxygens (including phenoxy) is 2. The van der Waals surface area contributed by atoms with Gasteiger partial charge in [-0.2, -0.15) is 4.98 Å². The van der Waals surface area contributed by atoms with Gasteiger partial charge in [0, 0.05) is 30.9 Å². The van der Waals surface area contributed by atoms with E-state index in [0.717, 1.165) is 16.9 Å². The van der Waals surface area contributed by atoms with Gasteiger partial charge >= 0.3 is 5.97 Å². The Morgan fingerprint density at radius 1 is 1.03 bits per heavy atom. The zero-order chi connectivity index (χ0) is 24.6. The number of hydrogen-bond donors (Lipinski definition) is 1. The standard InChI is InChI=1S/C27H27N3O5/c1-30(21-10-6-11-22(18-21)34-15-7-12-26(32)33-2)25(31)17-19-13-14-23-24(16-19)35-27(29-23)28-20-8-4-3-5-9-20/h3-6,8-11,13-14,16,18H,7,12,15,17H2,1-2H3,(H,28,29). The molecule has 0 saturated carbocycles. The molecule has 180 valence electrons. The predicted octanol–water partition coefficient (Wildman–Crippen LogP) is 5.11. The zero-order valence-corrected chi connectivity index (χ0v) is 19.7. The van der Waals surface area contributed by atoms with Crippen molar-refractivity contribution in [1.82, 2.24) is 4.98 Å². The molecular formula is C27H27N3O5. The van der Waals surface area contributed by atoms with Gasteiger partial charge in [-0.3, -0.25) is 9.59 Å². The van der Waals surface area contributed by atoms with Crippen LogP contribution in [0.25, 0.3) is 11.1 Å². The minimum Gasteiger partial charge on any atom is -0.494 e. The summed E-state index contributed by atoms with van der Waals surface area (Å²) in [5.41, 5.74) is 3.75. The van der Waals surface area contributed by atoms with E-state index in [1.165, 1.54) is 7.11 Å². The number of oxazole rings is 1. The fourth-order valence-electron chi connectivity index (χ4n) is 3.51. The molecule has 0 aliphatic heterocycles. The average molecular weight is 474 g/mol. The first-order valence-electron chi connectivity index (χ1n) is 11.3. The summed E-state index contributed by atoms with van der Waals surface area (Å²) in [5.74, 6) is 0.294. The normalized spacial score (nSPS) is 10.7. The van der Waals surface area contributed by atoms with E-state index in [4.69, 9.17) is 9.15 Å². The van der Waals surface area contributed by atoms with Crippen molar-refractivity contribution in [2.45, 2.75) is 19.3 Å². The summed E-state index contributed by atoms with van der Waals surface area (Å²) < 4.78 is 16.2. The number of nitrogens with zero attached hydrogens (tertiary/aromatic N) is 2. The van der Waals surface area contributed by atoms with Crippen LogP contribution >= 0.6 is 0 Å². The summed E-state index contributed by atoms with van der Waals surface area (Å²) in [6.07, 6.45) is 1.06. The molecule has 1 N–H and O–H groups in total. The number of para-hydroxylation sites is 1. The van der Waals surface area contributed by atoms with Crippen LogP contribution in [0.2, 0.25) is 0 Å². The third-order valence-electron chi connectivity index (χ3n) is 5.43. The van der Waals surface area contributed by atoms with E-state index >= 15 is 0 Å². The molecule has 1 aromatic heterocycles. The Balaban J connectivity index is 1.37. The number of rotatable bonds is 10. The van der Waals surface area contributed by atoms with Crippen molar-refractivity contribution in [2.24, 2.45) is 0 Å². The number of benzene rings is 3. The van der Waals surface area contributed by atoms with Crippen LogP contribution in [0, 0.1) is 0 Å². The maximum Gasteiger partial charge on any atom is 0.305 e. The highest BCUT2D eigenvalue weighted by Crippen LogP contribution is 2.25. The van der Waals surface area contributed by atoms with Gasteiger partial charge < -0.3 is 24.1 Å². The van der Waals surface area contributed by atoms with Crippen LogP contribution in [0.1, 0.15) is 18.4 Å². The maximum absolute atomic E-state index is 13.0. The molecule has 0 bridgehead atoms. The number of anilines is 3. The maximum atomic E-state index is 13.0. The molecule has 4 aromatic rings. The van der Waals surface area contributed by atoms with Crippen LogP contribution in [0.4, 0.5) is 17.4 Å². The van der Waals surface area contributed by atoms with Crippen LogP contribution in [0.5, 0.6) is 5.75 Å². The van der Waals surface area contributed by atoms with Crippen molar-refractivity contribution in [3.8, 4) is 5.75 Å². The molecule has 4 rings (SSSR count). The first kappa shape index (κ1) is 23.8. The highest BCUT2D eigenvalue weighted by atomic mass is 16.5. The lowest BCUT2D eigenvalue weighted by atomic mass is 10.1. The smallest absolute Gasteiger partial charge is 0.305 e. The monoisotopic (exact) mass is 473 g/mol. The highest BCUT2D eigenvalue weighted by molar-refractivity contribution is 5.94. The van der Waals surface area contributed by atoms with Crippen molar-refractivity contribution in [3.63, 3.8) is 0 Å². The van der Waals surface area contributed by atoms with E-state index in [2.05, 4.69) is 15.0 Å². The molecule has 0 atom stereocenters. The SMILES string of the molecule is COC(=O)CCCOc1cccc(N(C)C(=O)Cc2ccc3nc(Nc4ccccc4)oc3c2)c1. The highest BCUT2D eigenvalue weighted by Gasteiger charge is 2.14. The van der Waals surface area contributed by atoms with Gasteiger partial charge in [0.25, 0.3) is 6.01 Å². The topological polar surface area (TPSA) is 93.9 Å². The summed E-state index contributed by atoms with van der Waals surface area (Å²) in [6, 6.07) is 22.9. The summed E-state index contributed by atoms with van der Waals surface area (Å²) in [5, 5.41) is 3.14. The summed E-state index contributed by atoms with van der Waals surface area (Å²) >= 11 is 0. The zero-order valence-electron chi connectivity index (χ0n) is 19.7. The number of carbonyl (C=O) groups excluding carboxylic acids is 2. The third-order valence-corrected chi connectivity index (χ3v) is 5.43. The van der Waals surface area contributed by atoms with Gasteiger partial charge in [-0.1, -0.05) is 30.3 Å². The Labute approximate surface area is 203 Å². The molecule has 1 amide bonds. The third kappa shape index (κ3) is 6.38. The van der Waals surface area contributed by atoms with Crippen molar-refractivity contribution in [3.05, 3.63) is 78.4 Å². The predicted molar refractivity (Wildman–Crippen MR) is 134 cm³/mol. The second-order valence-corrected chi connectivity index (χ2v) is 7.97. The number of esters is 1. The molecule has 0 saturated heterocycles. The van der Waals surface area contributed by atoms with Gasteiger partial charge in [0.15, 0.2) is 5.58 Å². The number of carbonyl (C=O) groups is 2. The van der Waals surface area contributed by atoms with E-state index in [9.17, 15) is 9.59 Å². The summed E-state index contributed by atoms with van der Waals surface area (Å²) in [6.45, 7) is 0.383. The number of likely N-dealkylation sites (N-methyl/N-ethyl adjacent to an activating group) is 1. The number of hydrogen-bond acceptors (Lipinski definition) is 7. The number of nitrogens with one attached hydrogen (secondary N) is 1. The van der Waals surface area contributed by atoms with E-state index in [1.807, 2.05) is 66.7 Å². The number of methoxy groups -OCH3 is 1. The molecule has 8 heteroatoms. The molecule has 0 radical (unpaired) electrons. The molecule has 1 heterocycles. The number of aromatic nitrogens is 1. The van der Waals surface area contributed by atoms with E-state index in [0.29, 0.717) is 42.3 Å². The Kier molecular flexibility index (Phi) is 7.62. The molecule has 0 unspecified atom stereocenters. The number of amides is 1. The molecule has 3 aromatic carbocycles.